The van der Waals surface area contributed by atoms with Crippen LogP contribution in [0.3, 0.4) is 0 Å². The second-order valence-electron chi connectivity index (χ2n) is 6.01. The minimum absolute atomic E-state index is 0.306. The van der Waals surface area contributed by atoms with Gasteiger partial charge in [-0.05, 0) is 36.9 Å². The first kappa shape index (κ1) is 14.5. The zero-order chi connectivity index (χ0) is 14.5. The molecule has 3 rings (SSSR count). The number of likely N-dealkylation sites (tertiary alicyclic amines) is 1. The summed E-state index contributed by atoms with van der Waals surface area (Å²) in [7, 11) is 0. The van der Waals surface area contributed by atoms with Crippen LogP contribution in [0.25, 0.3) is 0 Å². The molecule has 0 aromatic heterocycles. The van der Waals surface area contributed by atoms with Crippen LogP contribution in [-0.2, 0) is 11.3 Å². The third-order valence-electron chi connectivity index (χ3n) is 4.54. The second-order valence-corrected chi connectivity index (χ2v) is 6.01. The maximum Gasteiger partial charge on any atom is 0.223 e. The van der Waals surface area contributed by atoms with Crippen molar-refractivity contribution in [2.24, 2.45) is 0 Å². The van der Waals surface area contributed by atoms with Crippen LogP contribution in [0, 0.1) is 0 Å². The van der Waals surface area contributed by atoms with Crippen molar-refractivity contribution in [1.82, 2.24) is 15.5 Å². The van der Waals surface area contributed by atoms with Gasteiger partial charge in [0.05, 0.1) is 0 Å². The van der Waals surface area contributed by atoms with Crippen LogP contribution in [0.1, 0.15) is 42.9 Å². The number of nitrogens with one attached hydrogen (secondary N) is 2. The highest BCUT2D eigenvalue weighted by molar-refractivity contribution is 5.76. The lowest BCUT2D eigenvalue weighted by atomic mass is 9.99. The van der Waals surface area contributed by atoms with Crippen LogP contribution in [0.4, 0.5) is 0 Å². The molecule has 1 amide bonds. The van der Waals surface area contributed by atoms with Gasteiger partial charge in [-0.25, -0.2) is 0 Å². The van der Waals surface area contributed by atoms with Gasteiger partial charge < -0.3 is 15.5 Å². The van der Waals surface area contributed by atoms with E-state index in [2.05, 4.69) is 34.9 Å². The molecule has 0 spiro atoms. The van der Waals surface area contributed by atoms with Crippen LogP contribution in [0.5, 0.6) is 0 Å². The number of rotatable bonds is 4. The van der Waals surface area contributed by atoms with Crippen molar-refractivity contribution in [2.45, 2.75) is 38.3 Å². The minimum atomic E-state index is 0.306. The van der Waals surface area contributed by atoms with E-state index in [0.717, 1.165) is 39.1 Å². The smallest absolute Gasteiger partial charge is 0.223 e. The molecule has 2 aliphatic heterocycles. The molecule has 1 fully saturated rings. The number of carbonyl (C=O) groups is 1. The average Bonchev–Trinajstić information content (AvgIpc) is 2.97. The predicted octanol–water partition coefficient (Wildman–Crippen LogP) is 1.82. The zero-order valence-corrected chi connectivity index (χ0v) is 12.6. The normalized spacial score (nSPS) is 21.9. The number of hydrogen-bond acceptors (Lipinski definition) is 3. The Morgan fingerprint density at radius 3 is 2.95 bits per heavy atom. The summed E-state index contributed by atoms with van der Waals surface area (Å²) in [6, 6.07) is 8.97. The third kappa shape index (κ3) is 3.63. The lowest BCUT2D eigenvalue weighted by Crippen LogP contribution is -2.32. The van der Waals surface area contributed by atoms with E-state index in [0.29, 0.717) is 18.4 Å². The van der Waals surface area contributed by atoms with Crippen LogP contribution in [0.2, 0.25) is 0 Å². The third-order valence-corrected chi connectivity index (χ3v) is 4.54. The largest absolute Gasteiger partial charge is 0.343 e. The summed E-state index contributed by atoms with van der Waals surface area (Å²) in [5.74, 6) is 0.306. The summed E-state index contributed by atoms with van der Waals surface area (Å²) < 4.78 is 0. The van der Waals surface area contributed by atoms with Gasteiger partial charge in [-0.2, -0.15) is 0 Å². The number of amides is 1. The Balaban J connectivity index is 1.54. The molecule has 0 aliphatic carbocycles. The Bertz CT molecular complexity index is 483. The van der Waals surface area contributed by atoms with Crippen molar-refractivity contribution < 1.29 is 4.79 Å². The number of carbonyl (C=O) groups excluding carboxylic acids is 1. The molecule has 4 nitrogen and oxygen atoms in total. The van der Waals surface area contributed by atoms with Crippen molar-refractivity contribution in [3.8, 4) is 0 Å². The molecule has 0 saturated carbocycles. The fraction of sp³-hybridized carbons (Fsp3) is 0.588. The van der Waals surface area contributed by atoms with Gasteiger partial charge in [-0.1, -0.05) is 24.3 Å². The van der Waals surface area contributed by atoms with Crippen LogP contribution < -0.4 is 10.6 Å². The highest BCUT2D eigenvalue weighted by atomic mass is 16.2. The van der Waals surface area contributed by atoms with Gasteiger partial charge in [0.25, 0.3) is 0 Å². The van der Waals surface area contributed by atoms with Gasteiger partial charge in [0.2, 0.25) is 5.91 Å². The summed E-state index contributed by atoms with van der Waals surface area (Å²) in [5, 5.41) is 7.05. The summed E-state index contributed by atoms with van der Waals surface area (Å²) in [6.07, 6.45) is 4.03. The lowest BCUT2D eigenvalue weighted by molar-refractivity contribution is -0.130. The molecule has 1 aromatic carbocycles. The number of fused-ring (bicyclic) bond motifs is 1. The van der Waals surface area contributed by atoms with E-state index in [1.165, 1.54) is 24.0 Å². The predicted molar refractivity (Wildman–Crippen MR) is 83.9 cm³/mol. The maximum atomic E-state index is 12.1. The van der Waals surface area contributed by atoms with Gasteiger partial charge >= 0.3 is 0 Å². The Kier molecular flexibility index (Phi) is 4.88. The van der Waals surface area contributed by atoms with Crippen molar-refractivity contribution in [3.63, 3.8) is 0 Å². The van der Waals surface area contributed by atoms with E-state index in [1.807, 2.05) is 4.90 Å². The minimum Gasteiger partial charge on any atom is -0.343 e. The molecule has 0 radical (unpaired) electrons. The average molecular weight is 287 g/mol. The molecule has 21 heavy (non-hydrogen) atoms. The molecule has 2 aliphatic rings. The second kappa shape index (κ2) is 7.05. The van der Waals surface area contributed by atoms with Gasteiger partial charge in [-0.3, -0.25) is 4.79 Å². The molecule has 1 atom stereocenters. The van der Waals surface area contributed by atoms with Crippen LogP contribution in [0.15, 0.2) is 24.3 Å². The van der Waals surface area contributed by atoms with Crippen molar-refractivity contribution >= 4 is 5.91 Å². The highest BCUT2D eigenvalue weighted by Crippen LogP contribution is 2.23. The van der Waals surface area contributed by atoms with Gasteiger partial charge in [-0.15, -0.1) is 0 Å². The Hall–Kier alpha value is -1.39. The van der Waals surface area contributed by atoms with E-state index in [4.69, 9.17) is 0 Å². The number of hydrogen-bond donors (Lipinski definition) is 2. The zero-order valence-electron chi connectivity index (χ0n) is 12.6. The number of nitrogens with zero attached hydrogens (tertiary/aromatic N) is 1. The van der Waals surface area contributed by atoms with Crippen molar-refractivity contribution in [1.29, 1.82) is 0 Å². The molecule has 1 saturated heterocycles. The topological polar surface area (TPSA) is 44.4 Å². The fourth-order valence-corrected chi connectivity index (χ4v) is 3.35. The summed E-state index contributed by atoms with van der Waals surface area (Å²) in [6.45, 7) is 4.64. The maximum absolute atomic E-state index is 12.1. The van der Waals surface area contributed by atoms with Gasteiger partial charge in [0, 0.05) is 38.6 Å². The Morgan fingerprint density at radius 2 is 2.10 bits per heavy atom. The van der Waals surface area contributed by atoms with E-state index >= 15 is 0 Å². The monoisotopic (exact) mass is 287 g/mol. The van der Waals surface area contributed by atoms with Crippen LogP contribution in [-0.4, -0.2) is 37.0 Å². The molecule has 0 bridgehead atoms. The first-order valence-corrected chi connectivity index (χ1v) is 8.14. The first-order chi connectivity index (χ1) is 10.3. The standard InChI is InChI=1S/C17H25N3O/c21-17(20-11-3-4-12-20)8-10-19-16-7-9-18-13-14-5-1-2-6-15(14)16/h1-2,5-6,16,18-19H,3-4,7-13H2. The van der Waals surface area contributed by atoms with E-state index in [9.17, 15) is 4.79 Å². The van der Waals surface area contributed by atoms with Crippen molar-refractivity contribution in [3.05, 3.63) is 35.4 Å². The molecule has 114 valence electrons. The van der Waals surface area contributed by atoms with E-state index in [-0.39, 0.29) is 0 Å². The fourth-order valence-electron chi connectivity index (χ4n) is 3.35. The molecular weight excluding hydrogens is 262 g/mol. The quantitative estimate of drug-likeness (QED) is 0.888. The first-order valence-electron chi connectivity index (χ1n) is 8.14. The van der Waals surface area contributed by atoms with Gasteiger partial charge in [0.1, 0.15) is 0 Å². The molecular formula is C17H25N3O. The molecule has 2 heterocycles. The molecule has 1 aromatic rings. The molecule has 4 heteroatoms. The molecule has 1 unspecified atom stereocenters. The summed E-state index contributed by atoms with van der Waals surface area (Å²) in [4.78, 5) is 14.1. The van der Waals surface area contributed by atoms with Gasteiger partial charge in [0.15, 0.2) is 0 Å². The van der Waals surface area contributed by atoms with E-state index < -0.39 is 0 Å². The van der Waals surface area contributed by atoms with E-state index in [1.54, 1.807) is 0 Å². The Morgan fingerprint density at radius 1 is 1.29 bits per heavy atom. The summed E-state index contributed by atoms with van der Waals surface area (Å²) >= 11 is 0. The van der Waals surface area contributed by atoms with Crippen LogP contribution >= 0.6 is 0 Å². The number of benzene rings is 1. The Labute approximate surface area is 126 Å². The SMILES string of the molecule is O=C(CCNC1CCNCc2ccccc21)N1CCCC1. The van der Waals surface area contributed by atoms with Crippen molar-refractivity contribution in [2.75, 3.05) is 26.2 Å². The summed E-state index contributed by atoms with van der Waals surface area (Å²) in [5.41, 5.74) is 2.76. The lowest BCUT2D eigenvalue weighted by Gasteiger charge is -2.20. The highest BCUT2D eigenvalue weighted by Gasteiger charge is 2.20. The molecule has 2 N–H and O–H groups in total.